The largest absolute Gasteiger partial charge is 0.508 e. The number of phenols is 1. The topological polar surface area (TPSA) is 29.5 Å². The highest BCUT2D eigenvalue weighted by Gasteiger charge is 2.18. The molecule has 2 nitrogen and oxygen atoms in total. The highest BCUT2D eigenvalue weighted by atomic mass is 16.5. The summed E-state index contributed by atoms with van der Waals surface area (Å²) in [4.78, 5) is 0. The van der Waals surface area contributed by atoms with Crippen LogP contribution in [-0.2, 0) is 11.8 Å². The molecule has 0 bridgehead atoms. The van der Waals surface area contributed by atoms with Crippen molar-refractivity contribution in [2.75, 3.05) is 6.61 Å². The van der Waals surface area contributed by atoms with Crippen molar-refractivity contribution >= 4 is 0 Å². The van der Waals surface area contributed by atoms with Crippen LogP contribution in [0.2, 0.25) is 0 Å². The van der Waals surface area contributed by atoms with Crippen molar-refractivity contribution in [2.24, 2.45) is 0 Å². The molecule has 0 radical (unpaired) electrons. The summed E-state index contributed by atoms with van der Waals surface area (Å²) >= 11 is 0. The zero-order chi connectivity index (χ0) is 14.6. The molecule has 106 valence electrons. The van der Waals surface area contributed by atoms with Gasteiger partial charge in [-0.05, 0) is 29.2 Å². The molecule has 0 aliphatic heterocycles. The Morgan fingerprint density at radius 3 is 2.35 bits per heavy atom. The SMILES string of the molecule is CC(C)(C)c1cc(OCCc2ccccc2)ccc1O. The van der Waals surface area contributed by atoms with E-state index in [1.54, 1.807) is 6.07 Å². The highest BCUT2D eigenvalue weighted by molar-refractivity contribution is 5.43. The smallest absolute Gasteiger partial charge is 0.119 e. The van der Waals surface area contributed by atoms with Crippen molar-refractivity contribution in [2.45, 2.75) is 32.6 Å². The standard InChI is InChI=1S/C18H22O2/c1-18(2,3)16-13-15(9-10-17(16)19)20-12-11-14-7-5-4-6-8-14/h4-10,13,19H,11-12H2,1-3H3. The number of phenolic OH excluding ortho intramolecular Hbond substituents is 1. The zero-order valence-corrected chi connectivity index (χ0v) is 12.4. The van der Waals surface area contributed by atoms with E-state index in [1.165, 1.54) is 5.56 Å². The lowest BCUT2D eigenvalue weighted by molar-refractivity contribution is 0.320. The minimum absolute atomic E-state index is 0.0944. The van der Waals surface area contributed by atoms with Crippen LogP contribution >= 0.6 is 0 Å². The van der Waals surface area contributed by atoms with Crippen LogP contribution in [0.15, 0.2) is 48.5 Å². The number of hydrogen-bond acceptors (Lipinski definition) is 2. The fourth-order valence-electron chi connectivity index (χ4n) is 2.14. The number of aromatic hydroxyl groups is 1. The van der Waals surface area contributed by atoms with Crippen molar-refractivity contribution < 1.29 is 9.84 Å². The van der Waals surface area contributed by atoms with Gasteiger partial charge in [0, 0.05) is 12.0 Å². The van der Waals surface area contributed by atoms with Crippen molar-refractivity contribution in [1.29, 1.82) is 0 Å². The van der Waals surface area contributed by atoms with E-state index in [4.69, 9.17) is 4.74 Å². The molecule has 0 amide bonds. The average molecular weight is 270 g/mol. The molecular weight excluding hydrogens is 248 g/mol. The molecule has 20 heavy (non-hydrogen) atoms. The molecule has 2 aromatic carbocycles. The van der Waals surface area contributed by atoms with Gasteiger partial charge in [-0.1, -0.05) is 51.1 Å². The van der Waals surface area contributed by atoms with Crippen LogP contribution in [0.1, 0.15) is 31.9 Å². The molecule has 0 aromatic heterocycles. The Morgan fingerprint density at radius 1 is 1.00 bits per heavy atom. The van der Waals surface area contributed by atoms with Gasteiger partial charge < -0.3 is 9.84 Å². The van der Waals surface area contributed by atoms with Crippen molar-refractivity contribution in [3.63, 3.8) is 0 Å². The molecule has 0 saturated heterocycles. The van der Waals surface area contributed by atoms with Gasteiger partial charge >= 0.3 is 0 Å². The van der Waals surface area contributed by atoms with Gasteiger partial charge in [-0.25, -0.2) is 0 Å². The lowest BCUT2D eigenvalue weighted by atomic mass is 9.86. The second kappa shape index (κ2) is 6.00. The predicted molar refractivity (Wildman–Crippen MR) is 82.4 cm³/mol. The second-order valence-electron chi connectivity index (χ2n) is 6.01. The fraction of sp³-hybridized carbons (Fsp3) is 0.333. The summed E-state index contributed by atoms with van der Waals surface area (Å²) in [6, 6.07) is 15.7. The van der Waals surface area contributed by atoms with Crippen molar-refractivity contribution in [1.82, 2.24) is 0 Å². The van der Waals surface area contributed by atoms with E-state index in [-0.39, 0.29) is 5.41 Å². The number of ether oxygens (including phenoxy) is 1. The Bertz CT molecular complexity index is 553. The van der Waals surface area contributed by atoms with E-state index >= 15 is 0 Å². The second-order valence-corrected chi connectivity index (χ2v) is 6.01. The Labute approximate surface area is 121 Å². The summed E-state index contributed by atoms with van der Waals surface area (Å²) in [5.74, 6) is 1.14. The Hall–Kier alpha value is -1.96. The summed E-state index contributed by atoms with van der Waals surface area (Å²) < 4.78 is 5.79. The molecule has 2 rings (SSSR count). The van der Waals surface area contributed by atoms with Crippen LogP contribution < -0.4 is 4.74 Å². The van der Waals surface area contributed by atoms with Crippen LogP contribution in [-0.4, -0.2) is 11.7 Å². The van der Waals surface area contributed by atoms with Crippen molar-refractivity contribution in [3.05, 3.63) is 59.7 Å². The number of rotatable bonds is 4. The first-order valence-corrected chi connectivity index (χ1v) is 6.97. The van der Waals surface area contributed by atoms with Gasteiger partial charge in [0.1, 0.15) is 11.5 Å². The van der Waals surface area contributed by atoms with E-state index < -0.39 is 0 Å². The molecule has 0 aliphatic rings. The summed E-state index contributed by atoms with van der Waals surface area (Å²) in [5.41, 5.74) is 2.08. The van der Waals surface area contributed by atoms with Gasteiger partial charge in [0.2, 0.25) is 0 Å². The lowest BCUT2D eigenvalue weighted by Gasteiger charge is -2.21. The Kier molecular flexibility index (Phi) is 4.33. The van der Waals surface area contributed by atoms with E-state index in [2.05, 4.69) is 32.9 Å². The van der Waals surface area contributed by atoms with Crippen LogP contribution in [0.25, 0.3) is 0 Å². The molecule has 2 heteroatoms. The molecule has 0 spiro atoms. The van der Waals surface area contributed by atoms with Gasteiger partial charge in [-0.15, -0.1) is 0 Å². The molecule has 0 saturated carbocycles. The van der Waals surface area contributed by atoms with E-state index in [0.29, 0.717) is 12.4 Å². The third-order valence-corrected chi connectivity index (χ3v) is 3.28. The molecule has 0 aliphatic carbocycles. The Morgan fingerprint density at radius 2 is 1.70 bits per heavy atom. The third kappa shape index (κ3) is 3.77. The van der Waals surface area contributed by atoms with Crippen LogP contribution in [0.4, 0.5) is 0 Å². The molecule has 0 unspecified atom stereocenters. The zero-order valence-electron chi connectivity index (χ0n) is 12.4. The molecule has 2 aromatic rings. The maximum Gasteiger partial charge on any atom is 0.119 e. The molecule has 0 heterocycles. The van der Waals surface area contributed by atoms with Gasteiger partial charge in [0.05, 0.1) is 6.61 Å². The maximum absolute atomic E-state index is 9.92. The van der Waals surface area contributed by atoms with Gasteiger partial charge in [0.15, 0.2) is 0 Å². The van der Waals surface area contributed by atoms with Crippen LogP contribution in [0.5, 0.6) is 11.5 Å². The first kappa shape index (κ1) is 14.4. The average Bonchev–Trinajstić information content (AvgIpc) is 2.40. The maximum atomic E-state index is 9.92. The highest BCUT2D eigenvalue weighted by Crippen LogP contribution is 2.33. The van der Waals surface area contributed by atoms with Crippen LogP contribution in [0.3, 0.4) is 0 Å². The normalized spacial score (nSPS) is 11.3. The summed E-state index contributed by atoms with van der Waals surface area (Å²) in [6.45, 7) is 6.87. The minimum atomic E-state index is -0.0944. The van der Waals surface area contributed by atoms with Gasteiger partial charge in [-0.2, -0.15) is 0 Å². The third-order valence-electron chi connectivity index (χ3n) is 3.28. The van der Waals surface area contributed by atoms with E-state index in [1.807, 2.05) is 30.3 Å². The summed E-state index contributed by atoms with van der Waals surface area (Å²) in [7, 11) is 0. The van der Waals surface area contributed by atoms with Crippen LogP contribution in [0, 0.1) is 0 Å². The van der Waals surface area contributed by atoms with Crippen molar-refractivity contribution in [3.8, 4) is 11.5 Å². The minimum Gasteiger partial charge on any atom is -0.508 e. The fourth-order valence-corrected chi connectivity index (χ4v) is 2.14. The van der Waals surface area contributed by atoms with Gasteiger partial charge in [-0.3, -0.25) is 0 Å². The first-order chi connectivity index (χ1) is 9.47. The predicted octanol–water partition coefficient (Wildman–Crippen LogP) is 4.31. The lowest BCUT2D eigenvalue weighted by Crippen LogP contribution is -2.11. The molecule has 0 atom stereocenters. The van der Waals surface area contributed by atoms with E-state index in [9.17, 15) is 5.11 Å². The molecular formula is C18H22O2. The summed E-state index contributed by atoms with van der Waals surface area (Å²) in [6.07, 6.45) is 0.882. The first-order valence-electron chi connectivity index (χ1n) is 6.97. The monoisotopic (exact) mass is 270 g/mol. The number of benzene rings is 2. The Balaban J connectivity index is 2.00. The quantitative estimate of drug-likeness (QED) is 0.897. The summed E-state index contributed by atoms with van der Waals surface area (Å²) in [5, 5.41) is 9.92. The van der Waals surface area contributed by atoms with E-state index in [0.717, 1.165) is 17.7 Å². The molecule has 0 fully saturated rings. The molecule has 1 N–H and O–H groups in total. The van der Waals surface area contributed by atoms with Gasteiger partial charge in [0.25, 0.3) is 0 Å². The number of hydrogen-bond donors (Lipinski definition) is 1.